The summed E-state index contributed by atoms with van der Waals surface area (Å²) in [5.41, 5.74) is 2.85. The van der Waals surface area contributed by atoms with Crippen LogP contribution in [0.4, 0.5) is 9.18 Å². The van der Waals surface area contributed by atoms with Crippen molar-refractivity contribution in [2.24, 2.45) is 0 Å². The number of urea groups is 1. The standard InChI is InChI=1S/C20H24FN3O3/c1-14-4-3-5-15(2)19(14)27-11-10-22-18(25)13-24-20(26)23-12-16-6-8-17(21)9-7-16/h3-9H,10-13H2,1-2H3,(H,22,25)(H2,23,24,26). The topological polar surface area (TPSA) is 79.5 Å². The summed E-state index contributed by atoms with van der Waals surface area (Å²) in [5, 5.41) is 7.74. The van der Waals surface area contributed by atoms with Crippen LogP contribution in [0.1, 0.15) is 16.7 Å². The average molecular weight is 373 g/mol. The SMILES string of the molecule is Cc1cccc(C)c1OCCNC(=O)CNC(=O)NCc1ccc(F)cc1. The van der Waals surface area contributed by atoms with E-state index >= 15 is 0 Å². The second-order valence-electron chi connectivity index (χ2n) is 6.08. The van der Waals surface area contributed by atoms with Crippen LogP contribution in [0.2, 0.25) is 0 Å². The molecule has 2 rings (SSSR count). The minimum absolute atomic E-state index is 0.140. The molecule has 2 aromatic carbocycles. The lowest BCUT2D eigenvalue weighted by Crippen LogP contribution is -2.42. The lowest BCUT2D eigenvalue weighted by atomic mass is 10.1. The highest BCUT2D eigenvalue weighted by molar-refractivity contribution is 5.83. The van der Waals surface area contributed by atoms with E-state index in [1.165, 1.54) is 12.1 Å². The fourth-order valence-corrected chi connectivity index (χ4v) is 2.44. The lowest BCUT2D eigenvalue weighted by Gasteiger charge is -2.12. The Balaban J connectivity index is 1.60. The number of benzene rings is 2. The molecule has 0 bridgehead atoms. The van der Waals surface area contributed by atoms with E-state index in [1.807, 2.05) is 32.0 Å². The zero-order chi connectivity index (χ0) is 19.6. The Morgan fingerprint density at radius 1 is 0.963 bits per heavy atom. The monoisotopic (exact) mass is 373 g/mol. The van der Waals surface area contributed by atoms with Crippen molar-refractivity contribution in [3.05, 3.63) is 65.0 Å². The number of aryl methyl sites for hydroxylation is 2. The van der Waals surface area contributed by atoms with Crippen molar-refractivity contribution >= 4 is 11.9 Å². The molecule has 0 saturated heterocycles. The molecule has 2 aromatic rings. The van der Waals surface area contributed by atoms with Crippen LogP contribution in [0.25, 0.3) is 0 Å². The first-order chi connectivity index (χ1) is 13.0. The van der Waals surface area contributed by atoms with Crippen molar-refractivity contribution in [2.75, 3.05) is 19.7 Å². The van der Waals surface area contributed by atoms with Gasteiger partial charge in [-0.1, -0.05) is 30.3 Å². The summed E-state index contributed by atoms with van der Waals surface area (Å²) in [6.07, 6.45) is 0. The highest BCUT2D eigenvalue weighted by atomic mass is 19.1. The molecular formula is C20H24FN3O3. The zero-order valence-electron chi connectivity index (χ0n) is 15.5. The van der Waals surface area contributed by atoms with Crippen LogP contribution in [0, 0.1) is 19.7 Å². The first-order valence-electron chi connectivity index (χ1n) is 8.67. The number of carbonyl (C=O) groups is 2. The fourth-order valence-electron chi connectivity index (χ4n) is 2.44. The number of hydrogen-bond donors (Lipinski definition) is 3. The van der Waals surface area contributed by atoms with Gasteiger partial charge in [-0.2, -0.15) is 0 Å². The number of para-hydroxylation sites is 1. The summed E-state index contributed by atoms with van der Waals surface area (Å²) in [5.74, 6) is 0.184. The van der Waals surface area contributed by atoms with Crippen LogP contribution in [0.3, 0.4) is 0 Å². The quantitative estimate of drug-likeness (QED) is 0.622. The maximum absolute atomic E-state index is 12.8. The van der Waals surface area contributed by atoms with Crippen LogP contribution in [-0.4, -0.2) is 31.6 Å². The van der Waals surface area contributed by atoms with Gasteiger partial charge in [-0.25, -0.2) is 9.18 Å². The van der Waals surface area contributed by atoms with Crippen molar-refractivity contribution in [1.82, 2.24) is 16.0 Å². The fraction of sp³-hybridized carbons (Fsp3) is 0.300. The van der Waals surface area contributed by atoms with Gasteiger partial charge in [-0.3, -0.25) is 4.79 Å². The highest BCUT2D eigenvalue weighted by Gasteiger charge is 2.06. The van der Waals surface area contributed by atoms with E-state index < -0.39 is 6.03 Å². The molecule has 3 N–H and O–H groups in total. The third-order valence-corrected chi connectivity index (χ3v) is 3.86. The van der Waals surface area contributed by atoms with Crippen molar-refractivity contribution in [3.8, 4) is 5.75 Å². The largest absolute Gasteiger partial charge is 0.491 e. The van der Waals surface area contributed by atoms with Crippen molar-refractivity contribution < 1.29 is 18.7 Å². The van der Waals surface area contributed by atoms with Gasteiger partial charge in [-0.15, -0.1) is 0 Å². The molecule has 0 aliphatic rings. The second kappa shape index (κ2) is 10.2. The third kappa shape index (κ3) is 6.97. The van der Waals surface area contributed by atoms with Gasteiger partial charge >= 0.3 is 6.03 Å². The first-order valence-corrected chi connectivity index (χ1v) is 8.67. The maximum atomic E-state index is 12.8. The van der Waals surface area contributed by atoms with Gasteiger partial charge in [-0.05, 0) is 42.7 Å². The molecule has 27 heavy (non-hydrogen) atoms. The minimum Gasteiger partial charge on any atom is -0.491 e. The Labute approximate surface area is 158 Å². The molecule has 0 aliphatic carbocycles. The van der Waals surface area contributed by atoms with E-state index in [9.17, 15) is 14.0 Å². The highest BCUT2D eigenvalue weighted by Crippen LogP contribution is 2.21. The van der Waals surface area contributed by atoms with Gasteiger partial charge < -0.3 is 20.7 Å². The van der Waals surface area contributed by atoms with Crippen LogP contribution >= 0.6 is 0 Å². The Hall–Kier alpha value is -3.09. The molecule has 0 heterocycles. The average Bonchev–Trinajstić information content (AvgIpc) is 2.65. The van der Waals surface area contributed by atoms with Crippen molar-refractivity contribution in [1.29, 1.82) is 0 Å². The van der Waals surface area contributed by atoms with E-state index in [0.717, 1.165) is 22.4 Å². The van der Waals surface area contributed by atoms with Crippen LogP contribution in [0.15, 0.2) is 42.5 Å². The predicted molar refractivity (Wildman–Crippen MR) is 101 cm³/mol. The molecule has 0 spiro atoms. The molecule has 0 saturated carbocycles. The van der Waals surface area contributed by atoms with E-state index in [1.54, 1.807) is 12.1 Å². The Morgan fingerprint density at radius 3 is 2.30 bits per heavy atom. The molecular weight excluding hydrogens is 349 g/mol. The van der Waals surface area contributed by atoms with Crippen LogP contribution < -0.4 is 20.7 Å². The molecule has 0 fully saturated rings. The van der Waals surface area contributed by atoms with Gasteiger partial charge in [0.1, 0.15) is 18.2 Å². The maximum Gasteiger partial charge on any atom is 0.315 e. The van der Waals surface area contributed by atoms with Crippen molar-refractivity contribution in [3.63, 3.8) is 0 Å². The summed E-state index contributed by atoms with van der Waals surface area (Å²) in [6, 6.07) is 11.2. The van der Waals surface area contributed by atoms with E-state index in [4.69, 9.17) is 4.74 Å². The summed E-state index contributed by atoms with van der Waals surface area (Å²) in [4.78, 5) is 23.4. The zero-order valence-corrected chi connectivity index (χ0v) is 15.5. The van der Waals surface area contributed by atoms with Crippen molar-refractivity contribution in [2.45, 2.75) is 20.4 Å². The van der Waals surface area contributed by atoms with Crippen LogP contribution in [-0.2, 0) is 11.3 Å². The number of amides is 3. The molecule has 6 nitrogen and oxygen atoms in total. The predicted octanol–water partition coefficient (Wildman–Crippen LogP) is 2.44. The molecule has 3 amide bonds. The lowest BCUT2D eigenvalue weighted by molar-refractivity contribution is -0.120. The van der Waals surface area contributed by atoms with E-state index in [2.05, 4.69) is 16.0 Å². The molecule has 0 atom stereocenters. The van der Waals surface area contributed by atoms with Gasteiger partial charge in [0.2, 0.25) is 5.91 Å². The normalized spacial score (nSPS) is 10.2. The number of halogens is 1. The van der Waals surface area contributed by atoms with Gasteiger partial charge in [0.15, 0.2) is 0 Å². The first kappa shape index (κ1) is 20.2. The van der Waals surface area contributed by atoms with E-state index in [0.29, 0.717) is 13.2 Å². The number of rotatable bonds is 8. The minimum atomic E-state index is -0.471. The van der Waals surface area contributed by atoms with Gasteiger partial charge in [0.25, 0.3) is 0 Å². The Morgan fingerprint density at radius 2 is 1.63 bits per heavy atom. The summed E-state index contributed by atoms with van der Waals surface area (Å²) in [7, 11) is 0. The summed E-state index contributed by atoms with van der Waals surface area (Å²) in [6.45, 7) is 4.72. The molecule has 7 heteroatoms. The van der Waals surface area contributed by atoms with E-state index in [-0.39, 0.29) is 24.8 Å². The molecule has 0 aliphatic heterocycles. The third-order valence-electron chi connectivity index (χ3n) is 3.86. The van der Waals surface area contributed by atoms with Gasteiger partial charge in [0.05, 0.1) is 13.1 Å². The Bertz CT molecular complexity index is 758. The molecule has 0 radical (unpaired) electrons. The number of ether oxygens (including phenoxy) is 1. The second-order valence-corrected chi connectivity index (χ2v) is 6.08. The van der Waals surface area contributed by atoms with Gasteiger partial charge in [0, 0.05) is 6.54 Å². The smallest absolute Gasteiger partial charge is 0.315 e. The van der Waals surface area contributed by atoms with Crippen LogP contribution in [0.5, 0.6) is 5.75 Å². The molecule has 0 unspecified atom stereocenters. The Kier molecular flexibility index (Phi) is 7.61. The number of nitrogens with one attached hydrogen (secondary N) is 3. The summed E-state index contributed by atoms with van der Waals surface area (Å²) < 4.78 is 18.5. The number of carbonyl (C=O) groups excluding carboxylic acids is 2. The molecule has 0 aromatic heterocycles. The molecule has 144 valence electrons. The number of hydrogen-bond acceptors (Lipinski definition) is 3. The summed E-state index contributed by atoms with van der Waals surface area (Å²) >= 11 is 0.